The molecule has 6 heteroatoms. The lowest BCUT2D eigenvalue weighted by molar-refractivity contribution is -0.147. The van der Waals surface area contributed by atoms with E-state index >= 15 is 0 Å². The normalized spacial score (nSPS) is 32.3. The summed E-state index contributed by atoms with van der Waals surface area (Å²) in [5.41, 5.74) is 0.0200. The molecule has 2 atom stereocenters. The fourth-order valence-corrected chi connectivity index (χ4v) is 6.50. The van der Waals surface area contributed by atoms with Gasteiger partial charge in [-0.1, -0.05) is 32.4 Å². The van der Waals surface area contributed by atoms with Gasteiger partial charge in [0.15, 0.2) is 0 Å². The topological polar surface area (TPSA) is 33.3 Å². The molecular weight excluding hydrogens is 386 g/mol. The number of nitrogens with zero attached hydrogens (tertiary/aromatic N) is 5. The van der Waals surface area contributed by atoms with Crippen molar-refractivity contribution in [3.63, 3.8) is 0 Å². The Balaban J connectivity index is 1.46. The van der Waals surface area contributed by atoms with Crippen LogP contribution in [0.15, 0.2) is 12.2 Å². The summed E-state index contributed by atoms with van der Waals surface area (Å²) in [6.45, 7) is 16.6. The summed E-state index contributed by atoms with van der Waals surface area (Å²) in [6.07, 6.45) is 9.00. The van der Waals surface area contributed by atoms with Gasteiger partial charge >= 0.3 is 0 Å². The first kappa shape index (κ1) is 23.2. The van der Waals surface area contributed by atoms with Crippen molar-refractivity contribution < 1.29 is 4.79 Å². The van der Waals surface area contributed by atoms with Crippen molar-refractivity contribution in [1.82, 2.24) is 24.5 Å². The molecule has 0 aromatic carbocycles. The predicted octanol–water partition coefficient (Wildman–Crippen LogP) is 1.83. The van der Waals surface area contributed by atoms with Crippen molar-refractivity contribution in [2.75, 3.05) is 86.1 Å². The summed E-state index contributed by atoms with van der Waals surface area (Å²) in [7, 11) is 4.39. The van der Waals surface area contributed by atoms with Crippen molar-refractivity contribution in [3.8, 4) is 0 Å². The van der Waals surface area contributed by atoms with Crippen molar-refractivity contribution in [2.45, 2.75) is 45.6 Å². The Hall–Kier alpha value is -0.950. The summed E-state index contributed by atoms with van der Waals surface area (Å²) >= 11 is 0. The van der Waals surface area contributed by atoms with Crippen LogP contribution in [-0.2, 0) is 4.79 Å². The minimum atomic E-state index is -0.202. The van der Waals surface area contributed by atoms with E-state index in [1.807, 2.05) is 0 Å². The van der Waals surface area contributed by atoms with E-state index < -0.39 is 0 Å². The SMILES string of the molecule is CN1CCN(CC(C)(C)CN2CC=CC[C@@]3(C(=O)N4CCN(C)CC4)CCC[C@@H]23)CC1. The van der Waals surface area contributed by atoms with Gasteiger partial charge in [-0.25, -0.2) is 0 Å². The van der Waals surface area contributed by atoms with Gasteiger partial charge in [0, 0.05) is 78.0 Å². The first-order chi connectivity index (χ1) is 14.8. The maximum absolute atomic E-state index is 13.9. The molecule has 0 spiro atoms. The van der Waals surface area contributed by atoms with Gasteiger partial charge in [-0.3, -0.25) is 9.69 Å². The first-order valence-electron chi connectivity index (χ1n) is 12.6. The van der Waals surface area contributed by atoms with Gasteiger partial charge in [0.1, 0.15) is 0 Å². The number of fused-ring (bicyclic) bond motifs is 1. The van der Waals surface area contributed by atoms with E-state index in [4.69, 9.17) is 0 Å². The Morgan fingerprint density at radius 1 is 0.935 bits per heavy atom. The number of hydrogen-bond donors (Lipinski definition) is 0. The van der Waals surface area contributed by atoms with Crippen molar-refractivity contribution in [1.29, 1.82) is 0 Å². The van der Waals surface area contributed by atoms with E-state index in [9.17, 15) is 4.79 Å². The summed E-state index contributed by atoms with van der Waals surface area (Å²) in [4.78, 5) is 26.2. The first-order valence-corrected chi connectivity index (χ1v) is 12.6. The molecule has 4 rings (SSSR count). The molecule has 0 N–H and O–H groups in total. The predicted molar refractivity (Wildman–Crippen MR) is 127 cm³/mol. The number of likely N-dealkylation sites (N-methyl/N-ethyl adjacent to an activating group) is 2. The lowest BCUT2D eigenvalue weighted by Gasteiger charge is -2.46. The van der Waals surface area contributed by atoms with Crippen LogP contribution < -0.4 is 0 Å². The molecule has 4 aliphatic rings. The van der Waals surface area contributed by atoms with E-state index in [0.717, 1.165) is 58.7 Å². The fourth-order valence-electron chi connectivity index (χ4n) is 6.50. The highest BCUT2D eigenvalue weighted by atomic mass is 16.2. The molecule has 3 aliphatic heterocycles. The van der Waals surface area contributed by atoms with Crippen LogP contribution in [0.1, 0.15) is 39.5 Å². The van der Waals surface area contributed by atoms with Crippen molar-refractivity contribution in [2.24, 2.45) is 10.8 Å². The highest BCUT2D eigenvalue weighted by Gasteiger charge is 2.53. The number of carbonyl (C=O) groups excluding carboxylic acids is 1. The summed E-state index contributed by atoms with van der Waals surface area (Å²) < 4.78 is 0. The van der Waals surface area contributed by atoms with Crippen LogP contribution >= 0.6 is 0 Å². The third-order valence-electron chi connectivity index (χ3n) is 8.26. The molecule has 1 aliphatic carbocycles. The number of amides is 1. The number of allylic oxidation sites excluding steroid dienone is 1. The Kier molecular flexibility index (Phi) is 7.11. The number of piperazine rings is 2. The van der Waals surface area contributed by atoms with Gasteiger partial charge in [0.2, 0.25) is 5.91 Å². The molecule has 0 unspecified atom stereocenters. The number of hydrogen-bond acceptors (Lipinski definition) is 5. The third kappa shape index (κ3) is 5.18. The fraction of sp³-hybridized carbons (Fsp3) is 0.880. The minimum absolute atomic E-state index is 0.202. The van der Waals surface area contributed by atoms with E-state index in [2.05, 4.69) is 64.6 Å². The summed E-state index contributed by atoms with van der Waals surface area (Å²) in [5, 5.41) is 0. The van der Waals surface area contributed by atoms with Crippen LogP contribution in [0.3, 0.4) is 0 Å². The van der Waals surface area contributed by atoms with Gasteiger partial charge in [-0.15, -0.1) is 0 Å². The van der Waals surface area contributed by atoms with Crippen molar-refractivity contribution in [3.05, 3.63) is 12.2 Å². The van der Waals surface area contributed by atoms with Crippen LogP contribution in [0, 0.1) is 10.8 Å². The second kappa shape index (κ2) is 9.50. The maximum Gasteiger partial charge on any atom is 0.230 e. The van der Waals surface area contributed by atoms with Crippen LogP contribution in [0.5, 0.6) is 0 Å². The van der Waals surface area contributed by atoms with Gasteiger partial charge in [-0.05, 0) is 38.8 Å². The number of rotatable bonds is 5. The van der Waals surface area contributed by atoms with Gasteiger partial charge < -0.3 is 19.6 Å². The molecule has 1 amide bonds. The van der Waals surface area contributed by atoms with Crippen LogP contribution in [0.25, 0.3) is 0 Å². The standard InChI is InChI=1S/C25H45N5O/c1-24(2,20-28-16-12-26(3)13-17-28)21-30-11-6-5-9-25(10-7-8-22(25)30)23(31)29-18-14-27(4)15-19-29/h5-6,22H,7-21H2,1-4H3/t22-,25-/m1/s1. The van der Waals surface area contributed by atoms with E-state index in [1.54, 1.807) is 0 Å². The molecular formula is C25H45N5O. The molecule has 1 saturated carbocycles. The van der Waals surface area contributed by atoms with Gasteiger partial charge in [0.05, 0.1) is 5.41 Å². The highest BCUT2D eigenvalue weighted by molar-refractivity contribution is 5.84. The smallest absolute Gasteiger partial charge is 0.230 e. The lowest BCUT2D eigenvalue weighted by atomic mass is 9.76. The zero-order valence-corrected chi connectivity index (χ0v) is 20.5. The number of carbonyl (C=O) groups is 1. The molecule has 0 aromatic rings. The maximum atomic E-state index is 13.9. The average Bonchev–Trinajstić information content (AvgIpc) is 3.09. The largest absolute Gasteiger partial charge is 0.340 e. The summed E-state index contributed by atoms with van der Waals surface area (Å²) in [6, 6.07) is 0.390. The molecule has 31 heavy (non-hydrogen) atoms. The lowest BCUT2D eigenvalue weighted by Crippen LogP contribution is -2.58. The molecule has 0 radical (unpaired) electrons. The van der Waals surface area contributed by atoms with E-state index in [-0.39, 0.29) is 10.8 Å². The summed E-state index contributed by atoms with van der Waals surface area (Å²) in [5.74, 6) is 0.441. The zero-order valence-electron chi connectivity index (χ0n) is 20.5. The minimum Gasteiger partial charge on any atom is -0.340 e. The molecule has 6 nitrogen and oxygen atoms in total. The van der Waals surface area contributed by atoms with Crippen LogP contribution in [0.2, 0.25) is 0 Å². The monoisotopic (exact) mass is 431 g/mol. The molecule has 3 fully saturated rings. The third-order valence-corrected chi connectivity index (χ3v) is 8.26. The Labute approximate surface area is 190 Å². The molecule has 3 heterocycles. The van der Waals surface area contributed by atoms with Crippen LogP contribution in [-0.4, -0.2) is 123 Å². The highest BCUT2D eigenvalue weighted by Crippen LogP contribution is 2.47. The quantitative estimate of drug-likeness (QED) is 0.621. The Morgan fingerprint density at radius 3 is 2.26 bits per heavy atom. The Bertz CT molecular complexity index is 648. The molecule has 176 valence electrons. The van der Waals surface area contributed by atoms with E-state index in [1.165, 1.54) is 39.0 Å². The molecule has 0 bridgehead atoms. The van der Waals surface area contributed by atoms with Gasteiger partial charge in [-0.2, -0.15) is 0 Å². The molecule has 2 saturated heterocycles. The van der Waals surface area contributed by atoms with Crippen molar-refractivity contribution >= 4 is 5.91 Å². The average molecular weight is 432 g/mol. The molecule has 0 aromatic heterocycles. The Morgan fingerprint density at radius 2 is 1.58 bits per heavy atom. The second-order valence-electron chi connectivity index (χ2n) is 11.5. The van der Waals surface area contributed by atoms with Crippen LogP contribution in [0.4, 0.5) is 0 Å². The zero-order chi connectivity index (χ0) is 22.1. The van der Waals surface area contributed by atoms with E-state index in [0.29, 0.717) is 11.9 Å². The second-order valence-corrected chi connectivity index (χ2v) is 11.5. The van der Waals surface area contributed by atoms with Gasteiger partial charge in [0.25, 0.3) is 0 Å².